The molecule has 39 heavy (non-hydrogen) atoms. The maximum atomic E-state index is 13.9. The van der Waals surface area contributed by atoms with E-state index in [1.165, 1.54) is 6.08 Å². The molecule has 0 bridgehead atoms. The quantitative estimate of drug-likeness (QED) is 0.264. The first-order valence-corrected chi connectivity index (χ1v) is 14.8. The number of nitrogens with zero attached hydrogens (tertiary/aromatic N) is 2. The van der Waals surface area contributed by atoms with Crippen LogP contribution in [0.15, 0.2) is 78.9 Å². The molecule has 0 aromatic heterocycles. The van der Waals surface area contributed by atoms with Gasteiger partial charge >= 0.3 is 5.97 Å². The zero-order valence-corrected chi connectivity index (χ0v) is 23.6. The molecule has 1 aliphatic carbocycles. The molecule has 3 aromatic carbocycles. The van der Waals surface area contributed by atoms with Crippen molar-refractivity contribution in [3.63, 3.8) is 0 Å². The lowest BCUT2D eigenvalue weighted by atomic mass is 9.87. The molecule has 1 N–H and O–H groups in total. The van der Waals surface area contributed by atoms with E-state index >= 15 is 0 Å². The largest absolute Gasteiger partial charge is 0.616 e. The minimum atomic E-state index is -1.02. The minimum Gasteiger partial charge on any atom is -0.616 e. The van der Waals surface area contributed by atoms with Crippen LogP contribution in [0.1, 0.15) is 36.8 Å². The van der Waals surface area contributed by atoms with Gasteiger partial charge in [0.05, 0.1) is 12.8 Å². The number of amides is 1. The average molecular weight is 545 g/mol. The summed E-state index contributed by atoms with van der Waals surface area (Å²) in [6.07, 6.45) is 7.40. The van der Waals surface area contributed by atoms with Crippen LogP contribution < -0.4 is 9.80 Å². The van der Waals surface area contributed by atoms with Crippen molar-refractivity contribution < 1.29 is 19.2 Å². The lowest BCUT2D eigenvalue weighted by molar-refractivity contribution is -0.131. The normalized spacial score (nSPS) is 18.1. The van der Waals surface area contributed by atoms with Crippen molar-refractivity contribution in [1.29, 1.82) is 0 Å². The van der Waals surface area contributed by atoms with Gasteiger partial charge < -0.3 is 19.5 Å². The summed E-state index contributed by atoms with van der Waals surface area (Å²) in [5, 5.41) is 9.19. The molecule has 0 radical (unpaired) electrons. The highest BCUT2D eigenvalue weighted by molar-refractivity contribution is 7.91. The number of carboxylic acid groups (broad SMARTS) is 1. The van der Waals surface area contributed by atoms with E-state index in [0.717, 1.165) is 59.8 Å². The second-order valence-electron chi connectivity index (χ2n) is 10.3. The van der Waals surface area contributed by atoms with E-state index < -0.39 is 17.1 Å². The van der Waals surface area contributed by atoms with E-state index in [1.54, 1.807) is 6.26 Å². The molecule has 4 rings (SSSR count). The molecule has 0 spiro atoms. The number of benzene rings is 3. The summed E-state index contributed by atoms with van der Waals surface area (Å²) in [5.41, 5.74) is 5.83. The Bertz CT molecular complexity index is 1290. The number of carboxylic acids is 1. The summed E-state index contributed by atoms with van der Waals surface area (Å²) in [7, 11) is 4.04. The van der Waals surface area contributed by atoms with Gasteiger partial charge in [0, 0.05) is 37.5 Å². The Labute approximate surface area is 234 Å². The van der Waals surface area contributed by atoms with Gasteiger partial charge in [-0.05, 0) is 78.3 Å². The highest BCUT2D eigenvalue weighted by Gasteiger charge is 2.33. The molecule has 1 amide bonds. The standard InChI is InChI=1S/C32H36N2O4S/c1-33(2)28-16-12-26(13-17-28)25-10-7-24(8-11-25)22-34(29-6-4-5-23(21-29)9-20-31(35)36)32(37)27-14-18-30(19-15-27)39(3)38/h4-13,16-17,20-21,27,30H,14-15,18-19,22H2,1-3H3,(H,35,36)/t27?,30?,39-/m1/s1. The summed E-state index contributed by atoms with van der Waals surface area (Å²) in [5.74, 6) is -1.09. The topological polar surface area (TPSA) is 83.9 Å². The van der Waals surface area contributed by atoms with E-state index in [9.17, 15) is 14.1 Å². The van der Waals surface area contributed by atoms with E-state index in [0.29, 0.717) is 12.1 Å². The van der Waals surface area contributed by atoms with Crippen molar-refractivity contribution in [3.8, 4) is 11.1 Å². The van der Waals surface area contributed by atoms with Gasteiger partial charge in [0.2, 0.25) is 5.91 Å². The van der Waals surface area contributed by atoms with Crippen LogP contribution in [0, 0.1) is 5.92 Å². The number of hydrogen-bond donors (Lipinski definition) is 1. The Morgan fingerprint density at radius 2 is 1.54 bits per heavy atom. The van der Waals surface area contributed by atoms with Crippen LogP contribution in [-0.2, 0) is 27.3 Å². The van der Waals surface area contributed by atoms with Crippen LogP contribution in [0.5, 0.6) is 0 Å². The molecule has 1 aliphatic rings. The summed E-state index contributed by atoms with van der Waals surface area (Å²) in [6.45, 7) is 0.407. The van der Waals surface area contributed by atoms with Crippen LogP contribution in [0.2, 0.25) is 0 Å². The van der Waals surface area contributed by atoms with E-state index in [4.69, 9.17) is 5.11 Å². The summed E-state index contributed by atoms with van der Waals surface area (Å²) >= 11 is -0.873. The fourth-order valence-corrected chi connectivity index (χ4v) is 6.00. The zero-order chi connectivity index (χ0) is 27.9. The molecule has 0 unspecified atom stereocenters. The first kappa shape index (κ1) is 28.5. The summed E-state index contributed by atoms with van der Waals surface area (Å²) in [6, 6.07) is 24.1. The molecule has 1 atom stereocenters. The van der Waals surface area contributed by atoms with Gasteiger partial charge in [-0.3, -0.25) is 4.79 Å². The fraction of sp³-hybridized carbons (Fsp3) is 0.312. The molecule has 6 nitrogen and oxygen atoms in total. The third-order valence-corrected chi connectivity index (χ3v) is 8.78. The molecular formula is C32H36N2O4S. The third kappa shape index (κ3) is 7.52. The van der Waals surface area contributed by atoms with Gasteiger partial charge in [0.25, 0.3) is 0 Å². The first-order valence-electron chi connectivity index (χ1n) is 13.2. The number of aliphatic carboxylic acids is 1. The summed E-state index contributed by atoms with van der Waals surface area (Å²) < 4.78 is 12.0. The highest BCUT2D eigenvalue weighted by Crippen LogP contribution is 2.32. The van der Waals surface area contributed by atoms with E-state index in [1.807, 2.05) is 43.3 Å². The van der Waals surface area contributed by atoms with Gasteiger partial charge in [-0.15, -0.1) is 0 Å². The fourth-order valence-electron chi connectivity index (χ4n) is 5.06. The van der Waals surface area contributed by atoms with Crippen molar-refractivity contribution in [1.82, 2.24) is 0 Å². The van der Waals surface area contributed by atoms with Gasteiger partial charge in [-0.2, -0.15) is 0 Å². The molecular weight excluding hydrogens is 508 g/mol. The molecule has 3 aromatic rings. The van der Waals surface area contributed by atoms with Crippen molar-refractivity contribution in [2.75, 3.05) is 30.2 Å². The van der Waals surface area contributed by atoms with Gasteiger partial charge in [0.15, 0.2) is 0 Å². The SMILES string of the molecule is CN(C)c1ccc(-c2ccc(CN(C(=O)C3CCC([S@@+](C)[O-])CC3)c3cccc(C=CC(=O)O)c3)cc2)cc1. The third-order valence-electron chi connectivity index (χ3n) is 7.37. The van der Waals surface area contributed by atoms with Crippen molar-refractivity contribution in [2.45, 2.75) is 37.5 Å². The Morgan fingerprint density at radius 1 is 0.923 bits per heavy atom. The highest BCUT2D eigenvalue weighted by atomic mass is 32.2. The average Bonchev–Trinajstić information content (AvgIpc) is 2.95. The smallest absolute Gasteiger partial charge is 0.328 e. The van der Waals surface area contributed by atoms with E-state index in [-0.39, 0.29) is 17.1 Å². The number of hydrogen-bond acceptors (Lipinski definition) is 4. The number of anilines is 2. The first-order chi connectivity index (χ1) is 18.7. The Balaban J connectivity index is 1.58. The molecule has 0 heterocycles. The second kappa shape index (κ2) is 13.0. The number of carbonyl (C=O) groups excluding carboxylic acids is 1. The maximum Gasteiger partial charge on any atom is 0.328 e. The van der Waals surface area contributed by atoms with Crippen LogP contribution in [0.3, 0.4) is 0 Å². The monoisotopic (exact) mass is 544 g/mol. The summed E-state index contributed by atoms with van der Waals surface area (Å²) in [4.78, 5) is 28.8. The van der Waals surface area contributed by atoms with Crippen LogP contribution >= 0.6 is 0 Å². The Hall–Kier alpha value is -3.55. The van der Waals surface area contributed by atoms with Crippen molar-refractivity contribution >= 4 is 40.5 Å². The predicted molar refractivity (Wildman–Crippen MR) is 160 cm³/mol. The van der Waals surface area contributed by atoms with Gasteiger partial charge in [0.1, 0.15) is 5.25 Å². The molecule has 7 heteroatoms. The number of carbonyl (C=O) groups is 2. The molecule has 0 aliphatic heterocycles. The molecule has 204 valence electrons. The van der Waals surface area contributed by atoms with Gasteiger partial charge in [-0.1, -0.05) is 59.7 Å². The zero-order valence-electron chi connectivity index (χ0n) is 22.7. The van der Waals surface area contributed by atoms with Crippen molar-refractivity contribution in [3.05, 3.63) is 90.0 Å². The number of rotatable bonds is 9. The predicted octanol–water partition coefficient (Wildman–Crippen LogP) is 5.99. The lowest BCUT2D eigenvalue weighted by Gasteiger charge is -2.32. The molecule has 1 fully saturated rings. The van der Waals surface area contributed by atoms with Crippen LogP contribution in [-0.4, -0.2) is 47.1 Å². The molecule has 0 saturated heterocycles. The van der Waals surface area contributed by atoms with Crippen molar-refractivity contribution in [2.24, 2.45) is 5.92 Å². The van der Waals surface area contributed by atoms with Crippen LogP contribution in [0.25, 0.3) is 17.2 Å². The van der Waals surface area contributed by atoms with Gasteiger partial charge in [-0.25, -0.2) is 4.79 Å². The Kier molecular flexibility index (Phi) is 9.49. The minimum absolute atomic E-state index is 0.0538. The second-order valence-corrected chi connectivity index (χ2v) is 12.0. The molecule has 1 saturated carbocycles. The maximum absolute atomic E-state index is 13.9. The Morgan fingerprint density at radius 3 is 2.10 bits per heavy atom. The van der Waals surface area contributed by atoms with E-state index in [2.05, 4.69) is 53.4 Å². The lowest BCUT2D eigenvalue weighted by Crippen LogP contribution is -2.39. The van der Waals surface area contributed by atoms with Crippen LogP contribution in [0.4, 0.5) is 11.4 Å².